The zero-order valence-electron chi connectivity index (χ0n) is 13.3. The first-order chi connectivity index (χ1) is 11.5. The molecule has 0 saturated carbocycles. The molecule has 2 aliphatic rings. The summed E-state index contributed by atoms with van der Waals surface area (Å²) in [5, 5.41) is 8.14. The van der Waals surface area contributed by atoms with Crippen molar-refractivity contribution in [1.82, 2.24) is 24.4 Å². The first kappa shape index (κ1) is 15.1. The first-order valence-corrected chi connectivity index (χ1v) is 8.06. The number of hydrogen-bond acceptors (Lipinski definition) is 5. The molecular formula is C15H18FN5O3. The molecule has 0 aromatic carbocycles. The second-order valence-corrected chi connectivity index (χ2v) is 6.41. The van der Waals surface area contributed by atoms with E-state index in [9.17, 15) is 14.0 Å². The van der Waals surface area contributed by atoms with E-state index in [0.717, 1.165) is 12.1 Å². The fraction of sp³-hybridized carbons (Fsp3) is 0.600. The van der Waals surface area contributed by atoms with Crippen LogP contribution >= 0.6 is 0 Å². The number of carbonyl (C=O) groups excluding carboxylic acids is 1. The fourth-order valence-electron chi connectivity index (χ4n) is 3.32. The molecule has 4 rings (SSSR count). The van der Waals surface area contributed by atoms with Crippen LogP contribution in [0.3, 0.4) is 0 Å². The summed E-state index contributed by atoms with van der Waals surface area (Å²) in [6.07, 6.45) is 1.05. The lowest BCUT2D eigenvalue weighted by atomic mass is 10.0. The molecule has 2 aromatic heterocycles. The Morgan fingerprint density at radius 1 is 1.46 bits per heavy atom. The van der Waals surface area contributed by atoms with E-state index in [4.69, 9.17) is 4.52 Å². The number of nitrogens with zero attached hydrogens (tertiary/aromatic N) is 5. The quantitative estimate of drug-likeness (QED) is 0.813. The second kappa shape index (κ2) is 5.57. The largest absolute Gasteiger partial charge is 0.359 e. The van der Waals surface area contributed by atoms with Gasteiger partial charge in [0.25, 0.3) is 0 Å². The van der Waals surface area contributed by atoms with Crippen LogP contribution in [0.5, 0.6) is 0 Å². The van der Waals surface area contributed by atoms with Crippen LogP contribution in [0.2, 0.25) is 0 Å². The van der Waals surface area contributed by atoms with Gasteiger partial charge in [0.15, 0.2) is 5.76 Å². The van der Waals surface area contributed by atoms with Crippen molar-refractivity contribution in [3.05, 3.63) is 33.8 Å². The molecule has 128 valence electrons. The Bertz CT molecular complexity index is 833. The van der Waals surface area contributed by atoms with Crippen molar-refractivity contribution in [2.24, 2.45) is 0 Å². The molecule has 1 saturated heterocycles. The first-order valence-electron chi connectivity index (χ1n) is 8.06. The van der Waals surface area contributed by atoms with E-state index in [2.05, 4.69) is 10.3 Å². The van der Waals surface area contributed by atoms with Gasteiger partial charge in [0.2, 0.25) is 5.91 Å². The smallest absolute Gasteiger partial charge is 0.347 e. The Kier molecular flexibility index (Phi) is 3.50. The summed E-state index contributed by atoms with van der Waals surface area (Å²) in [4.78, 5) is 26.7. The average molecular weight is 335 g/mol. The van der Waals surface area contributed by atoms with E-state index in [0.29, 0.717) is 24.4 Å². The third kappa shape index (κ3) is 2.44. The maximum atomic E-state index is 13.0. The van der Waals surface area contributed by atoms with Crippen LogP contribution in [-0.4, -0.2) is 49.6 Å². The summed E-state index contributed by atoms with van der Waals surface area (Å²) in [6, 6.07) is 1.16. The Labute approximate surface area is 136 Å². The minimum absolute atomic E-state index is 0.116. The number of aromatic nitrogens is 4. The summed E-state index contributed by atoms with van der Waals surface area (Å²) < 4.78 is 20.9. The molecular weight excluding hydrogens is 317 g/mol. The van der Waals surface area contributed by atoms with E-state index < -0.39 is 12.2 Å². The average Bonchev–Trinajstić information content (AvgIpc) is 3.08. The molecule has 1 unspecified atom stereocenters. The number of likely N-dealkylation sites (tertiary alicyclic amines) is 1. The summed E-state index contributed by atoms with van der Waals surface area (Å²) in [7, 11) is 0. The lowest BCUT2D eigenvalue weighted by Gasteiger charge is -2.37. The number of carbonyl (C=O) groups is 1. The topological polar surface area (TPSA) is 86.2 Å². The highest BCUT2D eigenvalue weighted by Gasteiger charge is 2.38. The highest BCUT2D eigenvalue weighted by atomic mass is 19.1. The van der Waals surface area contributed by atoms with Crippen molar-refractivity contribution in [3.63, 3.8) is 0 Å². The Morgan fingerprint density at radius 2 is 2.25 bits per heavy atom. The zero-order chi connectivity index (χ0) is 16.8. The van der Waals surface area contributed by atoms with E-state index >= 15 is 0 Å². The molecule has 0 spiro atoms. The van der Waals surface area contributed by atoms with Crippen molar-refractivity contribution in [2.45, 2.75) is 44.9 Å². The van der Waals surface area contributed by atoms with Crippen molar-refractivity contribution in [2.75, 3.05) is 13.1 Å². The van der Waals surface area contributed by atoms with Gasteiger partial charge in [-0.15, -0.1) is 0 Å². The van der Waals surface area contributed by atoms with Crippen LogP contribution in [-0.2, 0) is 17.8 Å². The third-order valence-corrected chi connectivity index (χ3v) is 4.55. The number of aryl methyl sites for hydroxylation is 2. The maximum absolute atomic E-state index is 13.0. The summed E-state index contributed by atoms with van der Waals surface area (Å²) in [6.45, 7) is 2.21. The van der Waals surface area contributed by atoms with Crippen LogP contribution in [0.1, 0.15) is 36.2 Å². The minimum Gasteiger partial charge on any atom is -0.359 e. The van der Waals surface area contributed by atoms with Crippen LogP contribution in [0.15, 0.2) is 15.4 Å². The molecule has 0 radical (unpaired) electrons. The van der Waals surface area contributed by atoms with Gasteiger partial charge in [0, 0.05) is 12.5 Å². The Hall–Kier alpha value is -2.45. The molecule has 1 amide bonds. The van der Waals surface area contributed by atoms with Crippen molar-refractivity contribution < 1.29 is 13.7 Å². The van der Waals surface area contributed by atoms with Gasteiger partial charge in [-0.2, -0.15) is 5.10 Å². The highest BCUT2D eigenvalue weighted by molar-refractivity contribution is 5.81. The SMILES string of the molecule is Cc1cc(Cn2nc3n(c2=O)C(C(=O)N2CC(F)C2)CCC3)on1. The van der Waals surface area contributed by atoms with Gasteiger partial charge in [0.1, 0.15) is 24.6 Å². The number of amides is 1. The number of alkyl halides is 1. The standard InChI is InChI=1S/C15H18FN5O3/c1-9-5-11(24-18-9)8-20-15(23)21-12(3-2-4-13(21)17-20)14(22)19-6-10(16)7-19/h5,10,12H,2-4,6-8H2,1H3. The van der Waals surface area contributed by atoms with E-state index in [1.165, 1.54) is 14.1 Å². The summed E-state index contributed by atoms with van der Waals surface area (Å²) in [5.41, 5.74) is 0.392. The number of fused-ring (bicyclic) bond motifs is 1. The van der Waals surface area contributed by atoms with E-state index in [-0.39, 0.29) is 31.2 Å². The highest BCUT2D eigenvalue weighted by Crippen LogP contribution is 2.26. The predicted octanol–water partition coefficient (Wildman–Crippen LogP) is 0.447. The Balaban J connectivity index is 1.62. The van der Waals surface area contributed by atoms with E-state index in [1.54, 1.807) is 13.0 Å². The molecule has 0 aliphatic carbocycles. The molecule has 1 atom stereocenters. The summed E-state index contributed by atoms with van der Waals surface area (Å²) in [5.74, 6) is 0.941. The van der Waals surface area contributed by atoms with Gasteiger partial charge in [0.05, 0.1) is 18.8 Å². The molecule has 0 bridgehead atoms. The number of rotatable bonds is 3. The predicted molar refractivity (Wildman–Crippen MR) is 80.3 cm³/mol. The zero-order valence-corrected chi connectivity index (χ0v) is 13.3. The van der Waals surface area contributed by atoms with Gasteiger partial charge in [-0.3, -0.25) is 9.36 Å². The van der Waals surface area contributed by atoms with Crippen LogP contribution < -0.4 is 5.69 Å². The lowest BCUT2D eigenvalue weighted by molar-refractivity contribution is -0.142. The Morgan fingerprint density at radius 3 is 2.92 bits per heavy atom. The van der Waals surface area contributed by atoms with Crippen LogP contribution in [0.4, 0.5) is 4.39 Å². The maximum Gasteiger partial charge on any atom is 0.347 e. The van der Waals surface area contributed by atoms with Crippen LogP contribution in [0.25, 0.3) is 0 Å². The van der Waals surface area contributed by atoms with Gasteiger partial charge in [-0.25, -0.2) is 13.9 Å². The second-order valence-electron chi connectivity index (χ2n) is 6.41. The number of hydrogen-bond donors (Lipinski definition) is 0. The molecule has 4 heterocycles. The van der Waals surface area contributed by atoms with Crippen molar-refractivity contribution in [1.29, 1.82) is 0 Å². The molecule has 24 heavy (non-hydrogen) atoms. The number of halogens is 1. The molecule has 2 aliphatic heterocycles. The molecule has 1 fully saturated rings. The van der Waals surface area contributed by atoms with E-state index in [1.807, 2.05) is 0 Å². The van der Waals surface area contributed by atoms with Gasteiger partial charge in [-0.05, 0) is 19.8 Å². The lowest BCUT2D eigenvalue weighted by Crippen LogP contribution is -2.54. The minimum atomic E-state index is -0.953. The van der Waals surface area contributed by atoms with Gasteiger partial charge >= 0.3 is 5.69 Å². The van der Waals surface area contributed by atoms with Crippen molar-refractivity contribution >= 4 is 5.91 Å². The normalized spacial score (nSPS) is 20.8. The van der Waals surface area contributed by atoms with Gasteiger partial charge < -0.3 is 9.42 Å². The van der Waals surface area contributed by atoms with Crippen molar-refractivity contribution in [3.8, 4) is 0 Å². The molecule has 0 N–H and O–H groups in total. The van der Waals surface area contributed by atoms with Gasteiger partial charge in [-0.1, -0.05) is 5.16 Å². The van der Waals surface area contributed by atoms with Crippen LogP contribution in [0, 0.1) is 6.92 Å². The molecule has 2 aromatic rings. The fourth-order valence-corrected chi connectivity index (χ4v) is 3.32. The molecule has 8 nitrogen and oxygen atoms in total. The summed E-state index contributed by atoms with van der Waals surface area (Å²) >= 11 is 0. The third-order valence-electron chi connectivity index (χ3n) is 4.55. The molecule has 9 heteroatoms. The monoisotopic (exact) mass is 335 g/mol.